The van der Waals surface area contributed by atoms with Crippen molar-refractivity contribution in [2.24, 2.45) is 11.8 Å². The number of hydrogen-bond donors (Lipinski definition) is 1. The second kappa shape index (κ2) is 8.97. The summed E-state index contributed by atoms with van der Waals surface area (Å²) in [6.45, 7) is 6.55. The summed E-state index contributed by atoms with van der Waals surface area (Å²) in [4.78, 5) is 14.8. The lowest BCUT2D eigenvalue weighted by Crippen LogP contribution is -2.42. The predicted octanol–water partition coefficient (Wildman–Crippen LogP) is 3.43. The summed E-state index contributed by atoms with van der Waals surface area (Å²) in [5.41, 5.74) is 1.06. The van der Waals surface area contributed by atoms with E-state index in [1.54, 1.807) is 42.5 Å². The van der Waals surface area contributed by atoms with Crippen molar-refractivity contribution < 1.29 is 13.2 Å². The molecular weight excluding hydrogens is 386 g/mol. The Morgan fingerprint density at radius 2 is 1.72 bits per heavy atom. The summed E-state index contributed by atoms with van der Waals surface area (Å²) >= 11 is 0. The molecule has 1 heterocycles. The first kappa shape index (κ1) is 21.3. The van der Waals surface area contributed by atoms with Crippen molar-refractivity contribution in [2.75, 3.05) is 36.3 Å². The van der Waals surface area contributed by atoms with Gasteiger partial charge in [-0.25, -0.2) is 8.42 Å². The molecule has 7 heteroatoms. The Morgan fingerprint density at radius 1 is 1.07 bits per heavy atom. The third kappa shape index (κ3) is 5.36. The molecule has 1 amide bonds. The van der Waals surface area contributed by atoms with Crippen LogP contribution in [0.5, 0.6) is 0 Å². The number of piperidine rings is 1. The Kier molecular flexibility index (Phi) is 6.59. The van der Waals surface area contributed by atoms with Crippen LogP contribution in [0, 0.1) is 11.8 Å². The van der Waals surface area contributed by atoms with Crippen LogP contribution in [-0.4, -0.2) is 45.9 Å². The van der Waals surface area contributed by atoms with Gasteiger partial charge >= 0.3 is 0 Å². The lowest BCUT2D eigenvalue weighted by atomic mass is 9.92. The second-order valence-corrected chi connectivity index (χ2v) is 9.99. The van der Waals surface area contributed by atoms with E-state index in [-0.39, 0.29) is 10.8 Å². The lowest BCUT2D eigenvalue weighted by Gasteiger charge is -2.34. The van der Waals surface area contributed by atoms with Gasteiger partial charge in [-0.3, -0.25) is 14.0 Å². The van der Waals surface area contributed by atoms with E-state index < -0.39 is 10.0 Å². The summed E-state index contributed by atoms with van der Waals surface area (Å²) in [6, 6.07) is 15.3. The van der Waals surface area contributed by atoms with E-state index in [4.69, 9.17) is 0 Å². The molecule has 1 saturated heterocycles. The summed E-state index contributed by atoms with van der Waals surface area (Å²) in [5, 5.41) is 2.85. The molecule has 29 heavy (non-hydrogen) atoms. The standard InChI is InChI=1S/C22H29N3O3S/c1-17-12-18(2)15-25(14-17)16-22(26)23-19-8-7-11-21(13-19)29(27,28)24(3)20-9-5-4-6-10-20/h4-11,13,17-18H,12,14-16H2,1-3H3,(H,23,26)/t17-,18-/m0/s1. The monoisotopic (exact) mass is 415 g/mol. The van der Waals surface area contributed by atoms with Gasteiger partial charge in [0.2, 0.25) is 5.91 Å². The van der Waals surface area contributed by atoms with Gasteiger partial charge in [0.05, 0.1) is 17.1 Å². The third-order valence-corrected chi connectivity index (χ3v) is 6.99. The van der Waals surface area contributed by atoms with Crippen molar-refractivity contribution in [2.45, 2.75) is 25.2 Å². The minimum atomic E-state index is -3.72. The molecule has 2 aromatic carbocycles. The van der Waals surface area contributed by atoms with Gasteiger partial charge in [0, 0.05) is 25.8 Å². The molecule has 3 rings (SSSR count). The maximum Gasteiger partial charge on any atom is 0.264 e. The molecule has 0 radical (unpaired) electrons. The molecule has 0 saturated carbocycles. The van der Waals surface area contributed by atoms with Gasteiger partial charge in [-0.1, -0.05) is 38.1 Å². The van der Waals surface area contributed by atoms with E-state index in [1.165, 1.54) is 23.8 Å². The maximum atomic E-state index is 13.0. The van der Waals surface area contributed by atoms with Crippen LogP contribution in [-0.2, 0) is 14.8 Å². The van der Waals surface area contributed by atoms with Crippen molar-refractivity contribution in [1.29, 1.82) is 0 Å². The molecule has 0 aliphatic carbocycles. The molecule has 0 aromatic heterocycles. The highest BCUT2D eigenvalue weighted by Gasteiger charge is 2.24. The number of amides is 1. The number of sulfonamides is 1. The average Bonchev–Trinajstić information content (AvgIpc) is 2.67. The van der Waals surface area contributed by atoms with Crippen molar-refractivity contribution in [3.8, 4) is 0 Å². The summed E-state index contributed by atoms with van der Waals surface area (Å²) in [7, 11) is -2.20. The zero-order valence-electron chi connectivity index (χ0n) is 17.2. The molecule has 1 aliphatic heterocycles. The number of nitrogens with one attached hydrogen (secondary N) is 1. The van der Waals surface area contributed by atoms with Crippen LogP contribution in [0.25, 0.3) is 0 Å². The Morgan fingerprint density at radius 3 is 2.38 bits per heavy atom. The van der Waals surface area contributed by atoms with Crippen molar-refractivity contribution in [3.63, 3.8) is 0 Å². The summed E-state index contributed by atoms with van der Waals surface area (Å²) in [6.07, 6.45) is 1.19. The fourth-order valence-corrected chi connectivity index (χ4v) is 5.24. The molecule has 1 fully saturated rings. The number of carbonyl (C=O) groups is 1. The molecule has 1 aliphatic rings. The van der Waals surface area contributed by atoms with Gasteiger partial charge in [-0.05, 0) is 48.6 Å². The van der Waals surface area contributed by atoms with Crippen LogP contribution in [0.15, 0.2) is 59.5 Å². The van der Waals surface area contributed by atoms with E-state index in [0.717, 1.165) is 13.1 Å². The molecule has 6 nitrogen and oxygen atoms in total. The minimum absolute atomic E-state index is 0.128. The second-order valence-electron chi connectivity index (χ2n) is 8.02. The Labute approximate surface area is 173 Å². The highest BCUT2D eigenvalue weighted by Crippen LogP contribution is 2.24. The van der Waals surface area contributed by atoms with E-state index in [9.17, 15) is 13.2 Å². The number of para-hydroxylation sites is 1. The van der Waals surface area contributed by atoms with Crippen LogP contribution in [0.2, 0.25) is 0 Å². The zero-order chi connectivity index (χ0) is 21.0. The maximum absolute atomic E-state index is 13.0. The van der Waals surface area contributed by atoms with Crippen LogP contribution >= 0.6 is 0 Å². The van der Waals surface area contributed by atoms with E-state index in [0.29, 0.717) is 29.8 Å². The van der Waals surface area contributed by atoms with Crippen LogP contribution in [0.4, 0.5) is 11.4 Å². The molecule has 0 bridgehead atoms. The van der Waals surface area contributed by atoms with Crippen molar-refractivity contribution in [3.05, 3.63) is 54.6 Å². The zero-order valence-corrected chi connectivity index (χ0v) is 18.0. The highest BCUT2D eigenvalue weighted by molar-refractivity contribution is 7.92. The van der Waals surface area contributed by atoms with Crippen molar-refractivity contribution in [1.82, 2.24) is 4.90 Å². The van der Waals surface area contributed by atoms with Crippen LogP contribution in [0.3, 0.4) is 0 Å². The first-order chi connectivity index (χ1) is 13.8. The van der Waals surface area contributed by atoms with Gasteiger partial charge in [-0.15, -0.1) is 0 Å². The first-order valence-corrected chi connectivity index (χ1v) is 11.4. The fraction of sp³-hybridized carbons (Fsp3) is 0.409. The largest absolute Gasteiger partial charge is 0.325 e. The molecule has 0 spiro atoms. The Bertz CT molecular complexity index is 937. The SMILES string of the molecule is C[C@H]1C[C@H](C)CN(CC(=O)Nc2cccc(S(=O)(=O)N(C)c3ccccc3)c2)C1. The Balaban J connectivity index is 1.70. The van der Waals surface area contributed by atoms with Gasteiger partial charge in [0.25, 0.3) is 10.0 Å². The fourth-order valence-electron chi connectivity index (χ4n) is 3.99. The van der Waals surface area contributed by atoms with E-state index >= 15 is 0 Å². The molecule has 2 atom stereocenters. The lowest BCUT2D eigenvalue weighted by molar-refractivity contribution is -0.117. The first-order valence-electron chi connectivity index (χ1n) is 9.92. The normalized spacial score (nSPS) is 20.2. The molecule has 2 aromatic rings. The number of nitrogens with zero attached hydrogens (tertiary/aromatic N) is 2. The van der Waals surface area contributed by atoms with Crippen LogP contribution < -0.4 is 9.62 Å². The molecule has 0 unspecified atom stereocenters. The smallest absolute Gasteiger partial charge is 0.264 e. The molecular formula is C22H29N3O3S. The average molecular weight is 416 g/mol. The number of anilines is 2. The van der Waals surface area contributed by atoms with E-state index in [2.05, 4.69) is 24.1 Å². The van der Waals surface area contributed by atoms with Gasteiger partial charge in [0.1, 0.15) is 0 Å². The van der Waals surface area contributed by atoms with Crippen LogP contribution in [0.1, 0.15) is 20.3 Å². The summed E-state index contributed by atoms with van der Waals surface area (Å²) in [5.74, 6) is 1.03. The van der Waals surface area contributed by atoms with Gasteiger partial charge < -0.3 is 5.32 Å². The summed E-state index contributed by atoms with van der Waals surface area (Å²) < 4.78 is 27.2. The topological polar surface area (TPSA) is 69.7 Å². The van der Waals surface area contributed by atoms with Gasteiger partial charge in [-0.2, -0.15) is 0 Å². The molecule has 156 valence electrons. The predicted molar refractivity (Wildman–Crippen MR) is 116 cm³/mol. The quantitative estimate of drug-likeness (QED) is 0.785. The number of hydrogen-bond acceptors (Lipinski definition) is 4. The minimum Gasteiger partial charge on any atom is -0.325 e. The highest BCUT2D eigenvalue weighted by atomic mass is 32.2. The van der Waals surface area contributed by atoms with Crippen molar-refractivity contribution >= 4 is 27.3 Å². The molecule has 1 N–H and O–H groups in total. The third-order valence-electron chi connectivity index (χ3n) is 5.21. The number of rotatable bonds is 6. The van der Waals surface area contributed by atoms with Gasteiger partial charge in [0.15, 0.2) is 0 Å². The Hall–Kier alpha value is -2.38. The number of carbonyl (C=O) groups excluding carboxylic acids is 1. The van der Waals surface area contributed by atoms with E-state index in [1.807, 2.05) is 6.07 Å². The number of benzene rings is 2. The number of likely N-dealkylation sites (tertiary alicyclic amines) is 1.